The largest absolute Gasteiger partial charge is 0.337 e. The van der Waals surface area contributed by atoms with Crippen LogP contribution in [0.2, 0.25) is 0 Å². The van der Waals surface area contributed by atoms with Gasteiger partial charge < -0.3 is 10.2 Å². The van der Waals surface area contributed by atoms with Gasteiger partial charge in [-0.3, -0.25) is 9.59 Å². The van der Waals surface area contributed by atoms with Crippen molar-refractivity contribution in [3.63, 3.8) is 0 Å². The summed E-state index contributed by atoms with van der Waals surface area (Å²) in [5, 5.41) is 2.79. The zero-order valence-corrected chi connectivity index (χ0v) is 11.1. The predicted molar refractivity (Wildman–Crippen MR) is 72.0 cm³/mol. The van der Waals surface area contributed by atoms with Gasteiger partial charge in [-0.25, -0.2) is 0 Å². The third-order valence-electron chi connectivity index (χ3n) is 3.24. The van der Waals surface area contributed by atoms with E-state index < -0.39 is 5.54 Å². The van der Waals surface area contributed by atoms with Crippen molar-refractivity contribution < 1.29 is 9.59 Å². The number of amides is 2. The lowest BCUT2D eigenvalue weighted by Crippen LogP contribution is -2.63. The van der Waals surface area contributed by atoms with Gasteiger partial charge in [-0.2, -0.15) is 0 Å². The highest BCUT2D eigenvalue weighted by Gasteiger charge is 2.43. The van der Waals surface area contributed by atoms with Crippen LogP contribution in [0.15, 0.2) is 30.3 Å². The molecule has 1 aliphatic heterocycles. The molecule has 1 atom stereocenters. The molecule has 0 aromatic heterocycles. The molecule has 1 N–H and O–H groups in total. The average molecular weight is 256 g/mol. The third-order valence-corrected chi connectivity index (χ3v) is 3.24. The summed E-state index contributed by atoms with van der Waals surface area (Å²) in [7, 11) is 0. The number of rotatable bonds is 2. The van der Waals surface area contributed by atoms with E-state index >= 15 is 0 Å². The second kappa shape index (κ2) is 5.15. The topological polar surface area (TPSA) is 49.4 Å². The first-order valence-corrected chi connectivity index (χ1v) is 6.13. The Balaban J connectivity index is 2.35. The summed E-state index contributed by atoms with van der Waals surface area (Å²) < 4.78 is 0. The van der Waals surface area contributed by atoms with Crippen LogP contribution in [0.4, 0.5) is 0 Å². The Morgan fingerprint density at radius 1 is 1.32 bits per heavy atom. The molecule has 1 aliphatic rings. The Hall–Kier alpha value is -2.28. The second-order valence-corrected chi connectivity index (χ2v) is 4.63. The molecule has 1 heterocycles. The lowest BCUT2D eigenvalue weighted by atomic mass is 9.88. The van der Waals surface area contributed by atoms with Gasteiger partial charge in [0.2, 0.25) is 5.91 Å². The lowest BCUT2D eigenvalue weighted by molar-refractivity contribution is -0.148. The van der Waals surface area contributed by atoms with Crippen molar-refractivity contribution >= 4 is 11.8 Å². The standard InChI is InChI=1S/C15H16N2O2/c1-3-4-10-17-11-13(18)16-15(2,14(17)19)12-8-6-5-7-9-12/h5-9H,10-11H2,1-2H3,(H,16,18). The van der Waals surface area contributed by atoms with Crippen molar-refractivity contribution in [2.45, 2.75) is 19.4 Å². The predicted octanol–water partition coefficient (Wildman–Crippen LogP) is 0.883. The van der Waals surface area contributed by atoms with Crippen LogP contribution in [-0.2, 0) is 15.1 Å². The molecule has 0 aliphatic carbocycles. The fourth-order valence-electron chi connectivity index (χ4n) is 2.20. The van der Waals surface area contributed by atoms with E-state index in [9.17, 15) is 9.59 Å². The summed E-state index contributed by atoms with van der Waals surface area (Å²) in [6, 6.07) is 9.26. The van der Waals surface area contributed by atoms with Gasteiger partial charge in [0.15, 0.2) is 0 Å². The number of carbonyl (C=O) groups is 2. The Morgan fingerprint density at radius 3 is 2.63 bits per heavy atom. The quantitative estimate of drug-likeness (QED) is 0.799. The zero-order chi connectivity index (χ0) is 13.9. The molecule has 1 saturated heterocycles. The Labute approximate surface area is 112 Å². The van der Waals surface area contributed by atoms with Crippen molar-refractivity contribution in [2.75, 3.05) is 13.1 Å². The molecule has 0 bridgehead atoms. The molecular weight excluding hydrogens is 240 g/mol. The molecule has 4 nitrogen and oxygen atoms in total. The van der Waals surface area contributed by atoms with E-state index in [-0.39, 0.29) is 24.9 Å². The fraction of sp³-hybridized carbons (Fsp3) is 0.333. The molecule has 0 saturated carbocycles. The van der Waals surface area contributed by atoms with Crippen molar-refractivity contribution in [1.29, 1.82) is 0 Å². The van der Waals surface area contributed by atoms with E-state index in [2.05, 4.69) is 17.2 Å². The summed E-state index contributed by atoms with van der Waals surface area (Å²) in [5.74, 6) is 5.29. The number of piperazine rings is 1. The Morgan fingerprint density at radius 2 is 2.00 bits per heavy atom. The van der Waals surface area contributed by atoms with Crippen molar-refractivity contribution in [1.82, 2.24) is 10.2 Å². The Kier molecular flexibility index (Phi) is 3.57. The van der Waals surface area contributed by atoms with Crippen LogP contribution in [0, 0.1) is 11.8 Å². The molecule has 19 heavy (non-hydrogen) atoms. The average Bonchev–Trinajstić information content (AvgIpc) is 2.42. The van der Waals surface area contributed by atoms with Gasteiger partial charge in [-0.15, -0.1) is 5.92 Å². The van der Waals surface area contributed by atoms with Crippen LogP contribution in [0.1, 0.15) is 19.4 Å². The summed E-state index contributed by atoms with van der Waals surface area (Å²) in [6.45, 7) is 3.79. The van der Waals surface area contributed by atoms with Gasteiger partial charge in [-0.05, 0) is 19.4 Å². The van der Waals surface area contributed by atoms with Crippen LogP contribution >= 0.6 is 0 Å². The number of nitrogens with one attached hydrogen (secondary N) is 1. The fourth-order valence-corrected chi connectivity index (χ4v) is 2.20. The molecule has 2 amide bonds. The minimum Gasteiger partial charge on any atom is -0.337 e. The molecule has 0 radical (unpaired) electrons. The maximum Gasteiger partial charge on any atom is 0.253 e. The monoisotopic (exact) mass is 256 g/mol. The first-order valence-electron chi connectivity index (χ1n) is 6.13. The minimum atomic E-state index is -1.01. The van der Waals surface area contributed by atoms with Crippen LogP contribution < -0.4 is 5.32 Å². The molecule has 1 aromatic rings. The van der Waals surface area contributed by atoms with Gasteiger partial charge in [0.1, 0.15) is 12.1 Å². The van der Waals surface area contributed by atoms with Crippen LogP contribution in [0.25, 0.3) is 0 Å². The number of carbonyl (C=O) groups excluding carboxylic acids is 2. The molecule has 98 valence electrons. The highest BCUT2D eigenvalue weighted by molar-refractivity contribution is 5.98. The number of hydrogen-bond donors (Lipinski definition) is 1. The van der Waals surface area contributed by atoms with Crippen molar-refractivity contribution in [3.05, 3.63) is 35.9 Å². The smallest absolute Gasteiger partial charge is 0.253 e. The number of hydrogen-bond acceptors (Lipinski definition) is 2. The molecule has 4 heteroatoms. The van der Waals surface area contributed by atoms with E-state index in [0.29, 0.717) is 0 Å². The zero-order valence-electron chi connectivity index (χ0n) is 11.1. The molecule has 2 rings (SSSR count). The summed E-state index contributed by atoms with van der Waals surface area (Å²) >= 11 is 0. The molecule has 1 unspecified atom stereocenters. The van der Waals surface area contributed by atoms with Gasteiger partial charge in [0.05, 0.1) is 6.54 Å². The third kappa shape index (κ3) is 2.45. The summed E-state index contributed by atoms with van der Waals surface area (Å²) in [6.07, 6.45) is 0. The van der Waals surface area contributed by atoms with E-state index in [1.165, 1.54) is 4.90 Å². The van der Waals surface area contributed by atoms with E-state index in [1.54, 1.807) is 13.8 Å². The van der Waals surface area contributed by atoms with E-state index in [1.807, 2.05) is 30.3 Å². The lowest BCUT2D eigenvalue weighted by Gasteiger charge is -2.39. The molecule has 0 spiro atoms. The van der Waals surface area contributed by atoms with E-state index in [4.69, 9.17) is 0 Å². The van der Waals surface area contributed by atoms with Crippen molar-refractivity contribution in [3.8, 4) is 11.8 Å². The van der Waals surface area contributed by atoms with Crippen molar-refractivity contribution in [2.24, 2.45) is 0 Å². The van der Waals surface area contributed by atoms with E-state index in [0.717, 1.165) is 5.56 Å². The van der Waals surface area contributed by atoms with Gasteiger partial charge in [-0.1, -0.05) is 36.3 Å². The van der Waals surface area contributed by atoms with Crippen LogP contribution in [0.3, 0.4) is 0 Å². The normalized spacial score (nSPS) is 22.5. The minimum absolute atomic E-state index is 0.0654. The second-order valence-electron chi connectivity index (χ2n) is 4.63. The SMILES string of the molecule is CC#CCN1CC(=O)NC(C)(c2ccccc2)C1=O. The first-order chi connectivity index (χ1) is 9.08. The molecular formula is C15H16N2O2. The summed E-state index contributed by atoms with van der Waals surface area (Å²) in [4.78, 5) is 25.8. The number of nitrogens with zero attached hydrogens (tertiary/aromatic N) is 1. The highest BCUT2D eigenvalue weighted by Crippen LogP contribution is 2.25. The summed E-state index contributed by atoms with van der Waals surface area (Å²) in [5.41, 5.74) is -0.228. The van der Waals surface area contributed by atoms with Gasteiger partial charge in [0.25, 0.3) is 5.91 Å². The van der Waals surface area contributed by atoms with Crippen LogP contribution in [0.5, 0.6) is 0 Å². The van der Waals surface area contributed by atoms with Crippen LogP contribution in [-0.4, -0.2) is 29.8 Å². The van der Waals surface area contributed by atoms with Gasteiger partial charge in [0, 0.05) is 0 Å². The Bertz CT molecular complexity index is 557. The maximum atomic E-state index is 12.5. The molecule has 1 fully saturated rings. The number of benzene rings is 1. The van der Waals surface area contributed by atoms with Gasteiger partial charge >= 0.3 is 0 Å². The first kappa shape index (κ1) is 13.2. The maximum absolute atomic E-state index is 12.5. The molecule has 1 aromatic carbocycles. The highest BCUT2D eigenvalue weighted by atomic mass is 16.2.